The average Bonchev–Trinajstić information content (AvgIpc) is 2.68. The third kappa shape index (κ3) is 5.04. The maximum absolute atomic E-state index is 10.1. The summed E-state index contributed by atoms with van der Waals surface area (Å²) in [5.74, 6) is 1.13. The van der Waals surface area contributed by atoms with Crippen molar-refractivity contribution in [1.29, 1.82) is 0 Å². The minimum atomic E-state index is 0.101. The van der Waals surface area contributed by atoms with Gasteiger partial charge in [0.05, 0.1) is 18.5 Å². The summed E-state index contributed by atoms with van der Waals surface area (Å²) in [6, 6.07) is 16.9. The molecule has 0 saturated carbocycles. The van der Waals surface area contributed by atoms with E-state index in [9.17, 15) is 5.11 Å². The Bertz CT molecular complexity index is 927. The maximum atomic E-state index is 10.1. The lowest BCUT2D eigenvalue weighted by Crippen LogP contribution is -2.00. The highest BCUT2D eigenvalue weighted by Gasteiger charge is 2.04. The van der Waals surface area contributed by atoms with Gasteiger partial charge in [-0.1, -0.05) is 37.3 Å². The van der Waals surface area contributed by atoms with Gasteiger partial charge < -0.3 is 9.84 Å². The molecule has 1 heterocycles. The molecule has 6 nitrogen and oxygen atoms in total. The van der Waals surface area contributed by atoms with E-state index in [2.05, 4.69) is 20.5 Å². The zero-order valence-corrected chi connectivity index (χ0v) is 15.4. The van der Waals surface area contributed by atoms with E-state index < -0.39 is 0 Å². The molecule has 0 radical (unpaired) electrons. The zero-order valence-electron chi connectivity index (χ0n) is 15.4. The summed E-state index contributed by atoms with van der Waals surface area (Å²) in [5.41, 5.74) is 6.06. The lowest BCUT2D eigenvalue weighted by Gasteiger charge is -2.07. The number of hydrogen-bond acceptors (Lipinski definition) is 6. The number of benzene rings is 2. The molecule has 0 saturated heterocycles. The molecule has 27 heavy (non-hydrogen) atoms. The van der Waals surface area contributed by atoms with Crippen LogP contribution >= 0.6 is 0 Å². The first kappa shape index (κ1) is 18.4. The quantitative estimate of drug-likeness (QED) is 0.481. The highest BCUT2D eigenvalue weighted by molar-refractivity contribution is 5.84. The van der Waals surface area contributed by atoms with E-state index in [4.69, 9.17) is 4.74 Å². The molecule has 6 heteroatoms. The van der Waals surface area contributed by atoms with Crippen molar-refractivity contribution in [3.8, 4) is 22.8 Å². The first-order chi connectivity index (χ1) is 13.2. The summed E-state index contributed by atoms with van der Waals surface area (Å²) in [6.45, 7) is 4.55. The number of phenolic OH excluding ortho intramolecular Hbond substituents is 1. The van der Waals surface area contributed by atoms with Crippen molar-refractivity contribution in [3.05, 3.63) is 65.9 Å². The molecule has 0 spiro atoms. The van der Waals surface area contributed by atoms with Crippen LogP contribution in [0.2, 0.25) is 0 Å². The predicted molar refractivity (Wildman–Crippen MR) is 107 cm³/mol. The van der Waals surface area contributed by atoms with Crippen LogP contribution in [0.5, 0.6) is 11.5 Å². The first-order valence-electron chi connectivity index (χ1n) is 8.81. The molecule has 138 valence electrons. The Balaban J connectivity index is 1.72. The van der Waals surface area contributed by atoms with Crippen LogP contribution < -0.4 is 10.2 Å². The molecular formula is C21H22N4O2. The topological polar surface area (TPSA) is 79.6 Å². The largest absolute Gasteiger partial charge is 0.507 e. The predicted octanol–water partition coefficient (Wildman–Crippen LogP) is 4.39. The highest BCUT2D eigenvalue weighted by atomic mass is 16.5. The number of aromatic nitrogens is 2. The van der Waals surface area contributed by atoms with Gasteiger partial charge in [-0.3, -0.25) is 0 Å². The second-order valence-electron chi connectivity index (χ2n) is 6.02. The minimum Gasteiger partial charge on any atom is -0.507 e. The molecule has 1 aromatic heterocycles. The number of nitrogens with one attached hydrogen (secondary N) is 1. The Labute approximate surface area is 158 Å². The van der Waals surface area contributed by atoms with Gasteiger partial charge in [0.1, 0.15) is 11.5 Å². The molecule has 0 fully saturated rings. The third-order valence-corrected chi connectivity index (χ3v) is 3.77. The number of aryl methyl sites for hydroxylation is 1. The van der Waals surface area contributed by atoms with E-state index in [1.54, 1.807) is 18.2 Å². The number of anilines is 1. The number of hydrazone groups is 1. The van der Waals surface area contributed by atoms with Crippen molar-refractivity contribution in [2.24, 2.45) is 5.10 Å². The van der Waals surface area contributed by atoms with Gasteiger partial charge in [0.25, 0.3) is 0 Å². The van der Waals surface area contributed by atoms with Gasteiger partial charge in [-0.25, -0.2) is 15.4 Å². The molecule has 2 aromatic carbocycles. The van der Waals surface area contributed by atoms with Crippen LogP contribution in [0.4, 0.5) is 5.95 Å². The van der Waals surface area contributed by atoms with E-state index in [1.807, 2.05) is 50.2 Å². The van der Waals surface area contributed by atoms with E-state index in [0.29, 0.717) is 23.9 Å². The normalized spacial score (nSPS) is 10.9. The van der Waals surface area contributed by atoms with Gasteiger partial charge in [-0.05, 0) is 31.5 Å². The molecule has 0 amide bonds. The number of hydrogen-bond donors (Lipinski definition) is 2. The molecule has 0 unspecified atom stereocenters. The fraction of sp³-hybridized carbons (Fsp3) is 0.190. The molecule has 0 aliphatic heterocycles. The second-order valence-corrected chi connectivity index (χ2v) is 6.02. The fourth-order valence-electron chi connectivity index (χ4n) is 2.48. The van der Waals surface area contributed by atoms with Gasteiger partial charge in [0, 0.05) is 22.9 Å². The molecule has 0 bridgehead atoms. The molecular weight excluding hydrogens is 340 g/mol. The van der Waals surface area contributed by atoms with Crippen LogP contribution in [-0.2, 0) is 0 Å². The van der Waals surface area contributed by atoms with E-state index in [-0.39, 0.29) is 5.75 Å². The van der Waals surface area contributed by atoms with Crippen molar-refractivity contribution in [1.82, 2.24) is 9.97 Å². The summed E-state index contributed by atoms with van der Waals surface area (Å²) in [6.07, 6.45) is 2.43. The van der Waals surface area contributed by atoms with Gasteiger partial charge in [-0.15, -0.1) is 0 Å². The van der Waals surface area contributed by atoms with Gasteiger partial charge in [0.2, 0.25) is 5.95 Å². The van der Waals surface area contributed by atoms with Crippen LogP contribution in [0.3, 0.4) is 0 Å². The molecule has 0 aliphatic carbocycles. The Kier molecular flexibility index (Phi) is 5.99. The van der Waals surface area contributed by atoms with Gasteiger partial charge in [0.15, 0.2) is 0 Å². The Hall–Kier alpha value is -3.41. The van der Waals surface area contributed by atoms with Crippen LogP contribution in [0, 0.1) is 6.92 Å². The van der Waals surface area contributed by atoms with Crippen LogP contribution in [0.25, 0.3) is 11.3 Å². The minimum absolute atomic E-state index is 0.101. The number of aromatic hydroxyl groups is 1. The van der Waals surface area contributed by atoms with E-state index >= 15 is 0 Å². The lowest BCUT2D eigenvalue weighted by atomic mass is 10.1. The first-order valence-corrected chi connectivity index (χ1v) is 8.81. The summed E-state index contributed by atoms with van der Waals surface area (Å²) in [5, 5.41) is 14.2. The maximum Gasteiger partial charge on any atom is 0.244 e. The SMILES string of the molecule is CCCOc1ccc(/C=N/Nc2nc(C)cc(-c3ccccc3)n2)c(O)c1. The monoisotopic (exact) mass is 362 g/mol. The molecule has 2 N–H and O–H groups in total. The van der Waals surface area contributed by atoms with Crippen molar-refractivity contribution in [2.45, 2.75) is 20.3 Å². The molecule has 0 aliphatic rings. The third-order valence-electron chi connectivity index (χ3n) is 3.77. The number of phenols is 1. The molecule has 3 rings (SSSR count). The van der Waals surface area contributed by atoms with E-state index in [1.165, 1.54) is 6.21 Å². The molecule has 3 aromatic rings. The van der Waals surface area contributed by atoms with E-state index in [0.717, 1.165) is 23.4 Å². The Morgan fingerprint density at radius 1 is 1.11 bits per heavy atom. The standard InChI is InChI=1S/C21H22N4O2/c1-3-11-27-18-10-9-17(20(26)13-18)14-22-25-21-23-15(2)12-19(24-21)16-7-5-4-6-8-16/h4-10,12-14,26H,3,11H2,1-2H3,(H,23,24,25)/b22-14+. The van der Waals surface area contributed by atoms with Crippen molar-refractivity contribution >= 4 is 12.2 Å². The van der Waals surface area contributed by atoms with Crippen LogP contribution in [0.1, 0.15) is 24.6 Å². The summed E-state index contributed by atoms with van der Waals surface area (Å²) in [7, 11) is 0. The van der Waals surface area contributed by atoms with Crippen molar-refractivity contribution in [2.75, 3.05) is 12.0 Å². The summed E-state index contributed by atoms with van der Waals surface area (Å²) >= 11 is 0. The second kappa shape index (κ2) is 8.80. The summed E-state index contributed by atoms with van der Waals surface area (Å²) < 4.78 is 5.49. The number of rotatable bonds is 7. The van der Waals surface area contributed by atoms with Crippen LogP contribution in [-0.4, -0.2) is 27.9 Å². The highest BCUT2D eigenvalue weighted by Crippen LogP contribution is 2.23. The fourth-order valence-corrected chi connectivity index (χ4v) is 2.48. The summed E-state index contributed by atoms with van der Waals surface area (Å²) in [4.78, 5) is 8.83. The molecule has 0 atom stereocenters. The van der Waals surface area contributed by atoms with Crippen LogP contribution in [0.15, 0.2) is 59.7 Å². The Morgan fingerprint density at radius 2 is 1.93 bits per heavy atom. The zero-order chi connectivity index (χ0) is 19.1. The number of ether oxygens (including phenoxy) is 1. The number of nitrogens with zero attached hydrogens (tertiary/aromatic N) is 3. The smallest absolute Gasteiger partial charge is 0.244 e. The van der Waals surface area contributed by atoms with Crippen molar-refractivity contribution < 1.29 is 9.84 Å². The van der Waals surface area contributed by atoms with Crippen molar-refractivity contribution in [3.63, 3.8) is 0 Å². The van der Waals surface area contributed by atoms with Gasteiger partial charge in [-0.2, -0.15) is 5.10 Å². The average molecular weight is 362 g/mol. The Morgan fingerprint density at radius 3 is 2.67 bits per heavy atom. The lowest BCUT2D eigenvalue weighted by molar-refractivity contribution is 0.315. The van der Waals surface area contributed by atoms with Gasteiger partial charge >= 0.3 is 0 Å².